The highest BCUT2D eigenvalue weighted by molar-refractivity contribution is 5.21. The lowest BCUT2D eigenvalue weighted by Crippen LogP contribution is -2.10. The van der Waals surface area contributed by atoms with E-state index in [1.807, 2.05) is 32.9 Å². The van der Waals surface area contributed by atoms with Crippen LogP contribution in [-0.2, 0) is 0 Å². The van der Waals surface area contributed by atoms with Crippen molar-refractivity contribution >= 4 is 0 Å². The molecule has 0 aromatic carbocycles. The fraction of sp³-hybridized carbons (Fsp3) is 0.583. The molecule has 2 heteroatoms. The molecule has 0 amide bonds. The van der Waals surface area contributed by atoms with Crippen molar-refractivity contribution in [2.24, 2.45) is 5.92 Å². The summed E-state index contributed by atoms with van der Waals surface area (Å²) in [5.41, 5.74) is 2.97. The van der Waals surface area contributed by atoms with Gasteiger partial charge in [-0.2, -0.15) is 0 Å². The minimum Gasteiger partial charge on any atom is -0.387 e. The number of pyridine rings is 1. The van der Waals surface area contributed by atoms with E-state index in [9.17, 15) is 5.11 Å². The minimum atomic E-state index is -0.431. The van der Waals surface area contributed by atoms with Gasteiger partial charge < -0.3 is 5.11 Å². The molecule has 0 fully saturated rings. The third-order valence-corrected chi connectivity index (χ3v) is 2.86. The van der Waals surface area contributed by atoms with E-state index in [4.69, 9.17) is 0 Å². The normalized spacial score (nSPS) is 15.2. The quantitative estimate of drug-likeness (QED) is 0.800. The smallest absolute Gasteiger partial charge is 0.0985 e. The molecule has 78 valence electrons. The summed E-state index contributed by atoms with van der Waals surface area (Å²) in [6.45, 7) is 8.13. The maximum atomic E-state index is 9.94. The highest BCUT2D eigenvalue weighted by Gasteiger charge is 2.16. The Balaban J connectivity index is 2.91. The van der Waals surface area contributed by atoms with Crippen LogP contribution in [0.4, 0.5) is 0 Å². The number of aliphatic hydroxyl groups excluding tert-OH is 1. The SMILES string of the molecule is CCC(C)C(O)c1ccc(C)c(C)n1. The maximum absolute atomic E-state index is 9.94. The summed E-state index contributed by atoms with van der Waals surface area (Å²) in [7, 11) is 0. The summed E-state index contributed by atoms with van der Waals surface area (Å²) < 4.78 is 0. The Morgan fingerprint density at radius 3 is 2.50 bits per heavy atom. The van der Waals surface area contributed by atoms with Gasteiger partial charge in [0.05, 0.1) is 11.8 Å². The number of hydrogen-bond acceptors (Lipinski definition) is 2. The van der Waals surface area contributed by atoms with Gasteiger partial charge in [0.15, 0.2) is 0 Å². The molecule has 0 aliphatic rings. The Morgan fingerprint density at radius 1 is 1.36 bits per heavy atom. The van der Waals surface area contributed by atoms with Gasteiger partial charge in [0, 0.05) is 5.69 Å². The van der Waals surface area contributed by atoms with Crippen LogP contribution in [0.25, 0.3) is 0 Å². The molecule has 2 unspecified atom stereocenters. The van der Waals surface area contributed by atoms with Gasteiger partial charge in [-0.1, -0.05) is 26.3 Å². The van der Waals surface area contributed by atoms with Crippen molar-refractivity contribution in [3.63, 3.8) is 0 Å². The number of hydrogen-bond donors (Lipinski definition) is 1. The van der Waals surface area contributed by atoms with Gasteiger partial charge in [0.25, 0.3) is 0 Å². The van der Waals surface area contributed by atoms with Gasteiger partial charge in [-0.25, -0.2) is 0 Å². The van der Waals surface area contributed by atoms with E-state index in [2.05, 4.69) is 11.9 Å². The summed E-state index contributed by atoms with van der Waals surface area (Å²) >= 11 is 0. The molecule has 0 bridgehead atoms. The first-order chi connectivity index (χ1) is 6.56. The second-order valence-electron chi connectivity index (χ2n) is 3.97. The average Bonchev–Trinajstić information content (AvgIpc) is 2.20. The fourth-order valence-corrected chi connectivity index (χ4v) is 1.33. The molecule has 1 heterocycles. The van der Waals surface area contributed by atoms with E-state index in [0.717, 1.165) is 17.8 Å². The molecule has 0 aliphatic heterocycles. The lowest BCUT2D eigenvalue weighted by Gasteiger charge is -2.17. The van der Waals surface area contributed by atoms with Gasteiger partial charge in [0.1, 0.15) is 0 Å². The molecule has 14 heavy (non-hydrogen) atoms. The largest absolute Gasteiger partial charge is 0.387 e. The van der Waals surface area contributed by atoms with E-state index in [1.165, 1.54) is 5.56 Å². The van der Waals surface area contributed by atoms with Crippen LogP contribution in [0.2, 0.25) is 0 Å². The fourth-order valence-electron chi connectivity index (χ4n) is 1.33. The predicted molar refractivity (Wildman–Crippen MR) is 58.1 cm³/mol. The molecule has 2 atom stereocenters. The zero-order chi connectivity index (χ0) is 10.7. The van der Waals surface area contributed by atoms with Gasteiger partial charge in [0.2, 0.25) is 0 Å². The predicted octanol–water partition coefficient (Wildman–Crippen LogP) is 2.78. The lowest BCUT2D eigenvalue weighted by molar-refractivity contribution is 0.111. The second-order valence-corrected chi connectivity index (χ2v) is 3.97. The molecule has 0 aliphatic carbocycles. The van der Waals surface area contributed by atoms with Crippen molar-refractivity contribution < 1.29 is 5.11 Å². The van der Waals surface area contributed by atoms with E-state index in [0.29, 0.717) is 0 Å². The van der Waals surface area contributed by atoms with E-state index in [1.54, 1.807) is 0 Å². The molecule has 2 nitrogen and oxygen atoms in total. The summed E-state index contributed by atoms with van der Waals surface area (Å²) in [6.07, 6.45) is 0.537. The molecule has 0 saturated heterocycles. The third-order valence-electron chi connectivity index (χ3n) is 2.86. The van der Waals surface area contributed by atoms with Crippen molar-refractivity contribution in [2.75, 3.05) is 0 Å². The first-order valence-electron chi connectivity index (χ1n) is 5.18. The third kappa shape index (κ3) is 2.32. The summed E-state index contributed by atoms with van der Waals surface area (Å²) in [6, 6.07) is 3.93. The van der Waals surface area contributed by atoms with Crippen LogP contribution in [0.15, 0.2) is 12.1 Å². The van der Waals surface area contributed by atoms with Crippen LogP contribution >= 0.6 is 0 Å². The monoisotopic (exact) mass is 193 g/mol. The van der Waals surface area contributed by atoms with Crippen LogP contribution in [-0.4, -0.2) is 10.1 Å². The zero-order valence-electron chi connectivity index (χ0n) is 9.41. The van der Waals surface area contributed by atoms with E-state index >= 15 is 0 Å². The van der Waals surface area contributed by atoms with Gasteiger partial charge >= 0.3 is 0 Å². The molecule has 1 N–H and O–H groups in total. The number of aromatic nitrogens is 1. The van der Waals surface area contributed by atoms with Crippen molar-refractivity contribution in [1.29, 1.82) is 0 Å². The second kappa shape index (κ2) is 4.56. The van der Waals surface area contributed by atoms with Crippen molar-refractivity contribution in [2.45, 2.75) is 40.2 Å². The van der Waals surface area contributed by atoms with Crippen molar-refractivity contribution in [3.05, 3.63) is 29.1 Å². The van der Waals surface area contributed by atoms with Crippen LogP contribution in [0.1, 0.15) is 43.3 Å². The van der Waals surface area contributed by atoms with Crippen LogP contribution in [0.3, 0.4) is 0 Å². The molecule has 1 rings (SSSR count). The highest BCUT2D eigenvalue weighted by Crippen LogP contribution is 2.23. The lowest BCUT2D eigenvalue weighted by atomic mass is 9.98. The number of aryl methyl sites for hydroxylation is 2. The molecular formula is C12H19NO. The van der Waals surface area contributed by atoms with Crippen LogP contribution in [0, 0.1) is 19.8 Å². The van der Waals surface area contributed by atoms with Crippen LogP contribution < -0.4 is 0 Å². The summed E-state index contributed by atoms with van der Waals surface area (Å²) in [5.74, 6) is 0.268. The number of rotatable bonds is 3. The molecule has 1 aromatic rings. The summed E-state index contributed by atoms with van der Waals surface area (Å²) in [4.78, 5) is 4.39. The van der Waals surface area contributed by atoms with Gasteiger partial charge in [-0.15, -0.1) is 0 Å². The van der Waals surface area contributed by atoms with Crippen molar-refractivity contribution in [1.82, 2.24) is 4.98 Å². The zero-order valence-corrected chi connectivity index (χ0v) is 9.41. The van der Waals surface area contributed by atoms with E-state index < -0.39 is 6.10 Å². The average molecular weight is 193 g/mol. The Labute approximate surface area is 86.0 Å². The molecular weight excluding hydrogens is 174 g/mol. The molecule has 0 saturated carbocycles. The molecule has 0 radical (unpaired) electrons. The van der Waals surface area contributed by atoms with Crippen LogP contribution in [0.5, 0.6) is 0 Å². The number of nitrogens with zero attached hydrogens (tertiary/aromatic N) is 1. The Kier molecular flexibility index (Phi) is 3.64. The van der Waals surface area contributed by atoms with Gasteiger partial charge in [-0.05, 0) is 31.4 Å². The van der Waals surface area contributed by atoms with E-state index in [-0.39, 0.29) is 5.92 Å². The first-order valence-corrected chi connectivity index (χ1v) is 5.18. The first kappa shape index (κ1) is 11.2. The Bertz CT molecular complexity index is 309. The Morgan fingerprint density at radius 2 is 2.00 bits per heavy atom. The molecule has 0 spiro atoms. The summed E-state index contributed by atoms with van der Waals surface area (Å²) in [5, 5.41) is 9.94. The Hall–Kier alpha value is -0.890. The minimum absolute atomic E-state index is 0.268. The maximum Gasteiger partial charge on any atom is 0.0985 e. The van der Waals surface area contributed by atoms with Gasteiger partial charge in [-0.3, -0.25) is 4.98 Å². The number of aliphatic hydroxyl groups is 1. The topological polar surface area (TPSA) is 33.1 Å². The standard InChI is InChI=1S/C12H19NO/c1-5-8(2)12(14)11-7-6-9(3)10(4)13-11/h6-8,12,14H,5H2,1-4H3. The van der Waals surface area contributed by atoms with Crippen molar-refractivity contribution in [3.8, 4) is 0 Å². The molecule has 1 aromatic heterocycles. The highest BCUT2D eigenvalue weighted by atomic mass is 16.3.